The lowest BCUT2D eigenvalue weighted by molar-refractivity contribution is 0.0965. The molecule has 1 heterocycles. The van der Waals surface area contributed by atoms with Crippen LogP contribution in [0.1, 0.15) is 10.4 Å². The molecular weight excluding hydrogens is 198 g/mol. The molecule has 0 fully saturated rings. The Hall–Kier alpha value is -1.45. The lowest BCUT2D eigenvalue weighted by Crippen LogP contribution is -2.25. The molecule has 1 unspecified atom stereocenters. The number of Topliss-reactive ketones (excluding diaryl/α,β-unsaturated/α-hetero) is 1. The zero-order valence-corrected chi connectivity index (χ0v) is 8.07. The summed E-state index contributed by atoms with van der Waals surface area (Å²) in [5.74, 6) is 0.469. The van der Waals surface area contributed by atoms with Gasteiger partial charge in [0.1, 0.15) is 6.04 Å². The minimum absolute atomic E-state index is 0.0721. The number of hydrogen-bond donors (Lipinski definition) is 0. The summed E-state index contributed by atoms with van der Waals surface area (Å²) in [7, 11) is 0. The monoisotopic (exact) mass is 205 g/mol. The van der Waals surface area contributed by atoms with Gasteiger partial charge >= 0.3 is 0 Å². The van der Waals surface area contributed by atoms with Crippen LogP contribution >= 0.6 is 11.8 Å². The Kier molecular flexibility index (Phi) is 2.43. The van der Waals surface area contributed by atoms with E-state index < -0.39 is 6.04 Å². The number of nitrogens with zero attached hydrogens (tertiary/aromatic N) is 3. The molecule has 1 aliphatic rings. The van der Waals surface area contributed by atoms with Gasteiger partial charge in [0.25, 0.3) is 0 Å². The summed E-state index contributed by atoms with van der Waals surface area (Å²) in [6.45, 7) is 0. The average molecular weight is 205 g/mol. The van der Waals surface area contributed by atoms with Gasteiger partial charge in [-0.05, 0) is 11.6 Å². The molecule has 1 aromatic carbocycles. The average Bonchev–Trinajstić information content (AvgIpc) is 2.23. The first-order valence-electron chi connectivity index (χ1n) is 4.13. The number of rotatable bonds is 1. The number of benzene rings is 1. The van der Waals surface area contributed by atoms with Crippen LogP contribution in [-0.2, 0) is 0 Å². The lowest BCUT2D eigenvalue weighted by Gasteiger charge is -2.18. The van der Waals surface area contributed by atoms with E-state index >= 15 is 0 Å². The molecule has 2 rings (SSSR count). The van der Waals surface area contributed by atoms with Crippen LogP contribution in [0, 0.1) is 0 Å². The van der Waals surface area contributed by atoms with Gasteiger partial charge in [-0.25, -0.2) is 0 Å². The Bertz CT molecular complexity index is 426. The highest BCUT2D eigenvalue weighted by atomic mass is 32.2. The largest absolute Gasteiger partial charge is 0.294 e. The van der Waals surface area contributed by atoms with Crippen LogP contribution < -0.4 is 0 Å². The maximum Gasteiger partial charge on any atom is 0.173 e. The van der Waals surface area contributed by atoms with E-state index in [0.29, 0.717) is 11.3 Å². The molecule has 5 heteroatoms. The normalized spacial score (nSPS) is 19.7. The van der Waals surface area contributed by atoms with Crippen LogP contribution in [0.5, 0.6) is 0 Å². The third-order valence-corrected chi connectivity index (χ3v) is 3.19. The number of fused-ring (bicyclic) bond motifs is 1. The predicted molar refractivity (Wildman–Crippen MR) is 54.4 cm³/mol. The van der Waals surface area contributed by atoms with Crippen molar-refractivity contribution in [1.29, 1.82) is 0 Å². The molecule has 0 saturated heterocycles. The van der Waals surface area contributed by atoms with Gasteiger partial charge in [-0.1, -0.05) is 23.3 Å². The summed E-state index contributed by atoms with van der Waals surface area (Å²) in [4.78, 5) is 15.4. The highest BCUT2D eigenvalue weighted by Crippen LogP contribution is 2.30. The fraction of sp³-hybridized carbons (Fsp3) is 0.222. The molecule has 14 heavy (non-hydrogen) atoms. The number of carbonyl (C=O) groups excluding carboxylic acids is 1. The SMILES string of the molecule is [N-]=[N+]=NC1CSc2ccccc2C1=O. The first-order chi connectivity index (χ1) is 6.83. The van der Waals surface area contributed by atoms with Crippen molar-refractivity contribution in [3.05, 3.63) is 40.3 Å². The minimum atomic E-state index is -0.542. The van der Waals surface area contributed by atoms with Crippen molar-refractivity contribution in [3.8, 4) is 0 Å². The molecule has 0 aliphatic carbocycles. The Labute approximate surface area is 84.9 Å². The van der Waals surface area contributed by atoms with Crippen LogP contribution in [0.4, 0.5) is 0 Å². The maximum atomic E-state index is 11.7. The van der Waals surface area contributed by atoms with E-state index in [0.717, 1.165) is 4.90 Å². The van der Waals surface area contributed by atoms with Crippen LogP contribution in [0.15, 0.2) is 34.3 Å². The minimum Gasteiger partial charge on any atom is -0.294 e. The Morgan fingerprint density at radius 2 is 2.29 bits per heavy atom. The molecule has 0 saturated carbocycles. The fourth-order valence-corrected chi connectivity index (χ4v) is 2.42. The van der Waals surface area contributed by atoms with Gasteiger partial charge < -0.3 is 0 Å². The van der Waals surface area contributed by atoms with E-state index in [2.05, 4.69) is 10.0 Å². The summed E-state index contributed by atoms with van der Waals surface area (Å²) in [6.07, 6.45) is 0. The van der Waals surface area contributed by atoms with Gasteiger partial charge in [0.15, 0.2) is 5.78 Å². The molecule has 1 aliphatic heterocycles. The third-order valence-electron chi connectivity index (χ3n) is 2.04. The van der Waals surface area contributed by atoms with Gasteiger partial charge in [0, 0.05) is 21.1 Å². The molecule has 0 N–H and O–H groups in total. The van der Waals surface area contributed by atoms with Crippen molar-refractivity contribution in [2.45, 2.75) is 10.9 Å². The second kappa shape index (κ2) is 3.74. The molecule has 1 atom stereocenters. The summed E-state index contributed by atoms with van der Waals surface area (Å²) >= 11 is 1.55. The van der Waals surface area contributed by atoms with Gasteiger partial charge in [0.05, 0.1) is 0 Å². The molecule has 0 radical (unpaired) electrons. The van der Waals surface area contributed by atoms with Crippen LogP contribution in [0.2, 0.25) is 0 Å². The summed E-state index contributed by atoms with van der Waals surface area (Å²) in [5.41, 5.74) is 8.95. The first kappa shape index (κ1) is 9.12. The number of ketones is 1. The topological polar surface area (TPSA) is 65.8 Å². The lowest BCUT2D eigenvalue weighted by atomic mass is 10.1. The quantitative estimate of drug-likeness (QED) is 0.402. The fourth-order valence-electron chi connectivity index (χ4n) is 1.37. The van der Waals surface area contributed by atoms with Crippen LogP contribution in [0.25, 0.3) is 10.4 Å². The van der Waals surface area contributed by atoms with Gasteiger partial charge in [-0.15, -0.1) is 11.8 Å². The van der Waals surface area contributed by atoms with E-state index in [4.69, 9.17) is 5.53 Å². The van der Waals surface area contributed by atoms with E-state index in [1.54, 1.807) is 17.8 Å². The molecular formula is C9H7N3OS. The Morgan fingerprint density at radius 3 is 3.07 bits per heavy atom. The number of thioether (sulfide) groups is 1. The standard InChI is InChI=1S/C9H7N3OS/c10-12-11-7-5-14-8-4-2-1-3-6(8)9(7)13/h1-4,7H,5H2. The highest BCUT2D eigenvalue weighted by Gasteiger charge is 2.26. The van der Waals surface area contributed by atoms with Crippen LogP contribution in [0.3, 0.4) is 0 Å². The van der Waals surface area contributed by atoms with Crippen molar-refractivity contribution >= 4 is 17.5 Å². The van der Waals surface area contributed by atoms with Crippen molar-refractivity contribution in [1.82, 2.24) is 0 Å². The Morgan fingerprint density at radius 1 is 1.50 bits per heavy atom. The van der Waals surface area contributed by atoms with Crippen molar-refractivity contribution < 1.29 is 4.79 Å². The van der Waals surface area contributed by atoms with E-state index in [-0.39, 0.29) is 5.78 Å². The maximum absolute atomic E-state index is 11.7. The van der Waals surface area contributed by atoms with Crippen molar-refractivity contribution in [3.63, 3.8) is 0 Å². The smallest absolute Gasteiger partial charge is 0.173 e. The zero-order valence-electron chi connectivity index (χ0n) is 7.25. The van der Waals surface area contributed by atoms with Gasteiger partial charge in [-0.2, -0.15) is 0 Å². The molecule has 4 nitrogen and oxygen atoms in total. The summed E-state index contributed by atoms with van der Waals surface area (Å²) in [6, 6.07) is 6.84. The second-order valence-electron chi connectivity index (χ2n) is 2.89. The number of carbonyl (C=O) groups is 1. The third kappa shape index (κ3) is 1.47. The molecule has 0 aromatic heterocycles. The molecule has 0 amide bonds. The molecule has 70 valence electrons. The van der Waals surface area contributed by atoms with Crippen molar-refractivity contribution in [2.75, 3.05) is 5.75 Å². The predicted octanol–water partition coefficient (Wildman–Crippen LogP) is 2.65. The number of azide groups is 1. The summed E-state index contributed by atoms with van der Waals surface area (Å²) in [5, 5.41) is 3.47. The molecule has 1 aromatic rings. The first-order valence-corrected chi connectivity index (χ1v) is 5.11. The van der Waals surface area contributed by atoms with Gasteiger partial charge in [0.2, 0.25) is 0 Å². The molecule has 0 spiro atoms. The van der Waals surface area contributed by atoms with Gasteiger partial charge in [-0.3, -0.25) is 4.79 Å². The van der Waals surface area contributed by atoms with E-state index in [1.165, 1.54) is 0 Å². The highest BCUT2D eigenvalue weighted by molar-refractivity contribution is 7.99. The van der Waals surface area contributed by atoms with E-state index in [1.807, 2.05) is 18.2 Å². The van der Waals surface area contributed by atoms with Crippen molar-refractivity contribution in [2.24, 2.45) is 5.11 Å². The second-order valence-corrected chi connectivity index (χ2v) is 3.95. The van der Waals surface area contributed by atoms with E-state index in [9.17, 15) is 4.79 Å². The summed E-state index contributed by atoms with van der Waals surface area (Å²) < 4.78 is 0. The zero-order chi connectivity index (χ0) is 9.97. The molecule has 0 bridgehead atoms. The number of hydrogen-bond acceptors (Lipinski definition) is 3. The Balaban J connectivity index is 2.41. The van der Waals surface area contributed by atoms with Crippen LogP contribution in [-0.4, -0.2) is 17.6 Å².